The maximum absolute atomic E-state index is 12.3. The third-order valence-corrected chi connectivity index (χ3v) is 4.29. The molecule has 6 nitrogen and oxygen atoms in total. The lowest BCUT2D eigenvalue weighted by Crippen LogP contribution is -2.41. The van der Waals surface area contributed by atoms with E-state index < -0.39 is 0 Å². The third kappa shape index (κ3) is 4.63. The van der Waals surface area contributed by atoms with Crippen molar-refractivity contribution in [1.82, 2.24) is 10.2 Å². The molecule has 1 atom stereocenters. The normalized spacial score (nSPS) is 16.3. The van der Waals surface area contributed by atoms with Gasteiger partial charge >= 0.3 is 0 Å². The number of carbonyl (C=O) groups is 2. The Hall–Kier alpha value is -2.24. The molecule has 1 N–H and O–H groups in total. The van der Waals surface area contributed by atoms with E-state index in [2.05, 4.69) is 5.32 Å². The summed E-state index contributed by atoms with van der Waals surface area (Å²) in [6, 6.07) is 5.23. The average molecular weight is 334 g/mol. The van der Waals surface area contributed by atoms with Gasteiger partial charge < -0.3 is 19.7 Å². The zero-order chi connectivity index (χ0) is 17.5. The molecule has 0 radical (unpaired) electrons. The van der Waals surface area contributed by atoms with Crippen molar-refractivity contribution in [1.29, 1.82) is 0 Å². The van der Waals surface area contributed by atoms with Crippen molar-refractivity contribution in [3.05, 3.63) is 23.8 Å². The number of methoxy groups -OCH3 is 2. The summed E-state index contributed by atoms with van der Waals surface area (Å²) in [5.74, 6) is 1.29. The molecule has 0 saturated carbocycles. The van der Waals surface area contributed by atoms with Crippen molar-refractivity contribution >= 4 is 11.8 Å². The van der Waals surface area contributed by atoms with Crippen molar-refractivity contribution in [3.8, 4) is 11.5 Å². The summed E-state index contributed by atoms with van der Waals surface area (Å²) in [5, 5.41) is 2.94. The Labute approximate surface area is 143 Å². The van der Waals surface area contributed by atoms with E-state index in [1.54, 1.807) is 19.1 Å². The zero-order valence-electron chi connectivity index (χ0n) is 14.6. The lowest BCUT2D eigenvalue weighted by Gasteiger charge is -2.22. The molecule has 6 heteroatoms. The van der Waals surface area contributed by atoms with Crippen LogP contribution in [0.25, 0.3) is 0 Å². The van der Waals surface area contributed by atoms with Crippen LogP contribution in [0.3, 0.4) is 0 Å². The first-order chi connectivity index (χ1) is 11.5. The standard InChI is InChI=1S/C18H26N2O4/c1-13(15-11-14(23-2)8-9-16(15)24-3)19-17(21)12-20-10-6-4-5-7-18(20)22/h8-9,11,13H,4-7,10,12H2,1-3H3,(H,19,21). The molecule has 1 fully saturated rings. The number of amides is 2. The molecule has 24 heavy (non-hydrogen) atoms. The van der Waals surface area contributed by atoms with Crippen LogP contribution in [0.15, 0.2) is 18.2 Å². The summed E-state index contributed by atoms with van der Waals surface area (Å²) < 4.78 is 10.6. The third-order valence-electron chi connectivity index (χ3n) is 4.29. The van der Waals surface area contributed by atoms with Crippen molar-refractivity contribution in [2.45, 2.75) is 38.6 Å². The van der Waals surface area contributed by atoms with Gasteiger partial charge in [-0.15, -0.1) is 0 Å². The van der Waals surface area contributed by atoms with Gasteiger partial charge in [0, 0.05) is 18.5 Å². The summed E-state index contributed by atoms with van der Waals surface area (Å²) in [5.41, 5.74) is 0.840. The quantitative estimate of drug-likeness (QED) is 0.867. The number of carbonyl (C=O) groups excluding carboxylic acids is 2. The van der Waals surface area contributed by atoms with Gasteiger partial charge in [0.25, 0.3) is 0 Å². The second-order valence-corrected chi connectivity index (χ2v) is 6.02. The number of rotatable bonds is 6. The maximum atomic E-state index is 12.3. The van der Waals surface area contributed by atoms with E-state index in [-0.39, 0.29) is 24.4 Å². The second kappa shape index (κ2) is 8.57. The molecule has 1 aromatic carbocycles. The summed E-state index contributed by atoms with van der Waals surface area (Å²) in [6.45, 7) is 2.65. The molecule has 0 aliphatic carbocycles. The maximum Gasteiger partial charge on any atom is 0.240 e. The molecular formula is C18H26N2O4. The lowest BCUT2D eigenvalue weighted by molar-refractivity contribution is -0.135. The van der Waals surface area contributed by atoms with Gasteiger partial charge in [0.2, 0.25) is 11.8 Å². The smallest absolute Gasteiger partial charge is 0.240 e. The largest absolute Gasteiger partial charge is 0.497 e. The van der Waals surface area contributed by atoms with Crippen molar-refractivity contribution in [2.24, 2.45) is 0 Å². The fourth-order valence-corrected chi connectivity index (χ4v) is 2.92. The van der Waals surface area contributed by atoms with E-state index in [1.807, 2.05) is 25.1 Å². The van der Waals surface area contributed by atoms with Gasteiger partial charge in [-0.2, -0.15) is 0 Å². The molecule has 132 valence electrons. The van der Waals surface area contributed by atoms with E-state index in [9.17, 15) is 9.59 Å². The van der Waals surface area contributed by atoms with Gasteiger partial charge in [-0.3, -0.25) is 9.59 Å². The lowest BCUT2D eigenvalue weighted by atomic mass is 10.1. The summed E-state index contributed by atoms with van der Waals surface area (Å²) >= 11 is 0. The zero-order valence-corrected chi connectivity index (χ0v) is 14.6. The van der Waals surface area contributed by atoms with E-state index in [4.69, 9.17) is 9.47 Å². The molecule has 0 aromatic heterocycles. The Bertz CT molecular complexity index is 588. The first kappa shape index (κ1) is 18.1. The second-order valence-electron chi connectivity index (χ2n) is 6.02. The van der Waals surface area contributed by atoms with E-state index in [1.165, 1.54) is 0 Å². The first-order valence-corrected chi connectivity index (χ1v) is 8.34. The van der Waals surface area contributed by atoms with Crippen LogP contribution in [-0.4, -0.2) is 44.0 Å². The summed E-state index contributed by atoms with van der Waals surface area (Å²) in [6.07, 6.45) is 3.44. The van der Waals surface area contributed by atoms with Gasteiger partial charge in [0.1, 0.15) is 11.5 Å². The molecule has 1 aliphatic rings. The minimum atomic E-state index is -0.246. The first-order valence-electron chi connectivity index (χ1n) is 8.34. The molecule has 1 saturated heterocycles. The molecule has 0 bridgehead atoms. The fraction of sp³-hybridized carbons (Fsp3) is 0.556. The summed E-state index contributed by atoms with van der Waals surface area (Å²) in [7, 11) is 3.19. The predicted molar refractivity (Wildman–Crippen MR) is 91.2 cm³/mol. The molecule has 0 spiro atoms. The van der Waals surface area contributed by atoms with Gasteiger partial charge in [0.15, 0.2) is 0 Å². The van der Waals surface area contributed by atoms with Gasteiger partial charge in [-0.1, -0.05) is 6.42 Å². The number of hydrogen-bond acceptors (Lipinski definition) is 4. The Balaban J connectivity index is 2.01. The molecule has 2 rings (SSSR count). The Morgan fingerprint density at radius 1 is 1.25 bits per heavy atom. The highest BCUT2D eigenvalue weighted by Crippen LogP contribution is 2.29. The minimum absolute atomic E-state index is 0.0641. The van der Waals surface area contributed by atoms with Crippen molar-refractivity contribution in [3.63, 3.8) is 0 Å². The Morgan fingerprint density at radius 2 is 2.04 bits per heavy atom. The number of nitrogens with zero attached hydrogens (tertiary/aromatic N) is 1. The minimum Gasteiger partial charge on any atom is -0.497 e. The molecule has 1 heterocycles. The Kier molecular flexibility index (Phi) is 6.46. The predicted octanol–water partition coefficient (Wildman–Crippen LogP) is 2.28. The van der Waals surface area contributed by atoms with Crippen LogP contribution in [0, 0.1) is 0 Å². The summed E-state index contributed by atoms with van der Waals surface area (Å²) in [4.78, 5) is 26.0. The highest BCUT2D eigenvalue weighted by molar-refractivity contribution is 5.85. The van der Waals surface area contributed by atoms with Crippen LogP contribution in [0.1, 0.15) is 44.2 Å². The van der Waals surface area contributed by atoms with E-state index >= 15 is 0 Å². The van der Waals surface area contributed by atoms with E-state index in [0.29, 0.717) is 24.5 Å². The highest BCUT2D eigenvalue weighted by atomic mass is 16.5. The molecule has 1 aliphatic heterocycles. The van der Waals surface area contributed by atoms with Crippen LogP contribution in [0.4, 0.5) is 0 Å². The van der Waals surface area contributed by atoms with Crippen molar-refractivity contribution in [2.75, 3.05) is 27.3 Å². The van der Waals surface area contributed by atoms with Crippen LogP contribution in [-0.2, 0) is 9.59 Å². The van der Waals surface area contributed by atoms with Gasteiger partial charge in [0.05, 0.1) is 26.8 Å². The van der Waals surface area contributed by atoms with Crippen LogP contribution >= 0.6 is 0 Å². The van der Waals surface area contributed by atoms with Crippen LogP contribution in [0.2, 0.25) is 0 Å². The fourth-order valence-electron chi connectivity index (χ4n) is 2.92. The number of benzene rings is 1. The average Bonchev–Trinajstić information content (AvgIpc) is 2.78. The SMILES string of the molecule is COc1ccc(OC)c(C(C)NC(=O)CN2CCCCCC2=O)c1. The van der Waals surface area contributed by atoms with Crippen LogP contribution < -0.4 is 14.8 Å². The number of nitrogens with one attached hydrogen (secondary N) is 1. The number of hydrogen-bond donors (Lipinski definition) is 1. The number of likely N-dealkylation sites (tertiary alicyclic amines) is 1. The van der Waals surface area contributed by atoms with Crippen molar-refractivity contribution < 1.29 is 19.1 Å². The van der Waals surface area contributed by atoms with Gasteiger partial charge in [-0.05, 0) is 38.0 Å². The topological polar surface area (TPSA) is 67.9 Å². The monoisotopic (exact) mass is 334 g/mol. The molecule has 2 amide bonds. The van der Waals surface area contributed by atoms with Gasteiger partial charge in [-0.25, -0.2) is 0 Å². The Morgan fingerprint density at radius 3 is 2.75 bits per heavy atom. The molecule has 1 unspecified atom stereocenters. The van der Waals surface area contributed by atoms with E-state index in [0.717, 1.165) is 24.8 Å². The van der Waals surface area contributed by atoms with Crippen LogP contribution in [0.5, 0.6) is 11.5 Å². The highest BCUT2D eigenvalue weighted by Gasteiger charge is 2.21. The molecular weight excluding hydrogens is 308 g/mol. The molecule has 1 aromatic rings. The number of ether oxygens (including phenoxy) is 2.